The topological polar surface area (TPSA) is 100 Å². The van der Waals surface area contributed by atoms with E-state index in [-0.39, 0.29) is 24.6 Å². The highest BCUT2D eigenvalue weighted by Gasteiger charge is 2.14. The van der Waals surface area contributed by atoms with Gasteiger partial charge >= 0.3 is 5.97 Å². The molecule has 140 valence electrons. The zero-order chi connectivity index (χ0) is 19.5. The number of halogens is 1. The van der Waals surface area contributed by atoms with Crippen LogP contribution in [0.4, 0.5) is 0 Å². The molecule has 0 radical (unpaired) electrons. The minimum absolute atomic E-state index is 0.118. The van der Waals surface area contributed by atoms with Crippen molar-refractivity contribution in [3.05, 3.63) is 76.1 Å². The smallest absolute Gasteiger partial charge is 0.326 e. The first-order valence-electron chi connectivity index (χ1n) is 8.29. The van der Waals surface area contributed by atoms with Crippen molar-refractivity contribution in [1.29, 1.82) is 0 Å². The van der Waals surface area contributed by atoms with Crippen LogP contribution in [-0.4, -0.2) is 25.7 Å². The maximum Gasteiger partial charge on any atom is 0.326 e. The fraction of sp³-hybridized carbons (Fsp3) is 0.105. The number of hydrogen-bond donors (Lipinski definition) is 0. The molecule has 2 aromatic carbocycles. The average molecular weight is 397 g/mol. The van der Waals surface area contributed by atoms with Gasteiger partial charge in [0.2, 0.25) is 5.82 Å². The molecule has 9 heteroatoms. The molecular weight excluding hydrogens is 384 g/mol. The van der Waals surface area contributed by atoms with E-state index in [0.717, 1.165) is 0 Å². The average Bonchev–Trinajstić information content (AvgIpc) is 3.18. The Morgan fingerprint density at radius 3 is 2.79 bits per heavy atom. The van der Waals surface area contributed by atoms with Crippen LogP contribution in [-0.2, 0) is 22.7 Å². The second kappa shape index (κ2) is 7.61. The number of para-hydroxylation sites is 1. The second-order valence-electron chi connectivity index (χ2n) is 5.85. The van der Waals surface area contributed by atoms with Gasteiger partial charge in [-0.05, 0) is 24.3 Å². The molecule has 0 bridgehead atoms. The molecule has 0 saturated heterocycles. The van der Waals surface area contributed by atoms with E-state index in [0.29, 0.717) is 27.3 Å². The van der Waals surface area contributed by atoms with E-state index < -0.39 is 5.97 Å². The lowest BCUT2D eigenvalue weighted by Gasteiger charge is -2.06. The van der Waals surface area contributed by atoms with Gasteiger partial charge in [0.15, 0.2) is 6.61 Å². The molecule has 4 rings (SSSR count). The summed E-state index contributed by atoms with van der Waals surface area (Å²) in [5.74, 6) is -0.212. The van der Waals surface area contributed by atoms with Gasteiger partial charge in [-0.2, -0.15) is 4.98 Å². The molecule has 0 atom stereocenters. The number of hydrogen-bond acceptors (Lipinski definition) is 7. The molecule has 8 nitrogen and oxygen atoms in total. The molecule has 2 aromatic heterocycles. The van der Waals surface area contributed by atoms with Crippen molar-refractivity contribution in [2.24, 2.45) is 0 Å². The fourth-order valence-electron chi connectivity index (χ4n) is 2.61. The molecule has 4 aromatic rings. The Morgan fingerprint density at radius 1 is 1.14 bits per heavy atom. The zero-order valence-corrected chi connectivity index (χ0v) is 15.2. The largest absolute Gasteiger partial charge is 0.454 e. The number of nitrogens with zero attached hydrogens (tertiary/aromatic N) is 4. The van der Waals surface area contributed by atoms with Crippen molar-refractivity contribution in [3.8, 4) is 11.4 Å². The monoisotopic (exact) mass is 396 g/mol. The van der Waals surface area contributed by atoms with Crippen molar-refractivity contribution in [3.63, 3.8) is 0 Å². The number of aromatic nitrogens is 4. The summed E-state index contributed by atoms with van der Waals surface area (Å²) in [6, 6.07) is 14.0. The van der Waals surface area contributed by atoms with Gasteiger partial charge in [-0.3, -0.25) is 14.2 Å². The molecule has 0 aliphatic rings. The number of carbonyl (C=O) groups is 1. The fourth-order valence-corrected chi connectivity index (χ4v) is 2.83. The van der Waals surface area contributed by atoms with Gasteiger partial charge < -0.3 is 9.26 Å². The summed E-state index contributed by atoms with van der Waals surface area (Å²) in [5.41, 5.74) is 0.857. The van der Waals surface area contributed by atoms with E-state index in [2.05, 4.69) is 15.1 Å². The molecule has 0 amide bonds. The van der Waals surface area contributed by atoms with Gasteiger partial charge in [0.25, 0.3) is 11.4 Å². The number of fused-ring (bicyclic) bond motifs is 1. The number of ether oxygens (including phenoxy) is 1. The van der Waals surface area contributed by atoms with E-state index >= 15 is 0 Å². The van der Waals surface area contributed by atoms with Gasteiger partial charge in [0.1, 0.15) is 6.54 Å². The van der Waals surface area contributed by atoms with Gasteiger partial charge in [-0.1, -0.05) is 41.0 Å². The standard InChI is InChI=1S/C19H13ClN4O4/c20-14-7-3-1-5-12(14)18-22-16(28-23-18)10-27-17(25)9-24-11-21-15-8-4-2-6-13(15)19(24)26/h1-8,11H,9-10H2. The Bertz CT molecular complexity index is 1220. The molecule has 0 N–H and O–H groups in total. The van der Waals surface area contributed by atoms with Gasteiger partial charge in [-0.15, -0.1) is 0 Å². The third kappa shape index (κ3) is 3.63. The van der Waals surface area contributed by atoms with Crippen molar-refractivity contribution in [1.82, 2.24) is 19.7 Å². The van der Waals surface area contributed by atoms with E-state index in [1.54, 1.807) is 48.5 Å². The molecule has 0 aliphatic carbocycles. The molecule has 0 spiro atoms. The minimum Gasteiger partial charge on any atom is -0.454 e. The van der Waals surface area contributed by atoms with Crippen LogP contribution in [0.15, 0.2) is 64.2 Å². The van der Waals surface area contributed by atoms with E-state index in [4.69, 9.17) is 20.9 Å². The molecule has 0 unspecified atom stereocenters. The summed E-state index contributed by atoms with van der Waals surface area (Å²) in [7, 11) is 0. The summed E-state index contributed by atoms with van der Waals surface area (Å²) in [6.45, 7) is -0.492. The third-order valence-electron chi connectivity index (χ3n) is 3.97. The predicted molar refractivity (Wildman–Crippen MR) is 101 cm³/mol. The Kier molecular flexibility index (Phi) is 4.86. The first kappa shape index (κ1) is 17.9. The van der Waals surface area contributed by atoms with Crippen LogP contribution in [0.5, 0.6) is 0 Å². The highest BCUT2D eigenvalue weighted by molar-refractivity contribution is 6.33. The van der Waals surface area contributed by atoms with E-state index in [1.165, 1.54) is 10.9 Å². The highest BCUT2D eigenvalue weighted by Crippen LogP contribution is 2.24. The number of carbonyl (C=O) groups excluding carboxylic acids is 1. The maximum atomic E-state index is 12.4. The Morgan fingerprint density at radius 2 is 1.93 bits per heavy atom. The minimum atomic E-state index is -0.628. The molecular formula is C19H13ClN4O4. The van der Waals surface area contributed by atoms with Crippen LogP contribution >= 0.6 is 11.6 Å². The molecule has 28 heavy (non-hydrogen) atoms. The summed E-state index contributed by atoms with van der Waals surface area (Å²) >= 11 is 6.10. The predicted octanol–water partition coefficient (Wildman–Crippen LogP) is 2.84. The van der Waals surface area contributed by atoms with Crippen LogP contribution < -0.4 is 5.56 Å². The lowest BCUT2D eigenvalue weighted by molar-refractivity contribution is -0.146. The van der Waals surface area contributed by atoms with Crippen molar-refractivity contribution in [2.45, 2.75) is 13.2 Å². The van der Waals surface area contributed by atoms with Crippen molar-refractivity contribution < 1.29 is 14.1 Å². The first-order chi connectivity index (χ1) is 13.6. The Labute approximate surface area is 163 Å². The number of esters is 1. The van der Waals surface area contributed by atoms with Crippen LogP contribution in [0.25, 0.3) is 22.3 Å². The highest BCUT2D eigenvalue weighted by atomic mass is 35.5. The van der Waals surface area contributed by atoms with Gasteiger partial charge in [0, 0.05) is 5.56 Å². The molecule has 0 saturated carbocycles. The van der Waals surface area contributed by atoms with Gasteiger partial charge in [0.05, 0.1) is 22.3 Å². The molecule has 0 fully saturated rings. The van der Waals surface area contributed by atoms with E-state index in [1.807, 2.05) is 0 Å². The Balaban J connectivity index is 1.42. The SMILES string of the molecule is O=C(Cn1cnc2ccccc2c1=O)OCc1nc(-c2ccccc2Cl)no1. The maximum absolute atomic E-state index is 12.4. The summed E-state index contributed by atoms with van der Waals surface area (Å²) in [5, 5.41) is 4.74. The molecule has 0 aliphatic heterocycles. The lowest BCUT2D eigenvalue weighted by Crippen LogP contribution is -2.25. The first-order valence-corrected chi connectivity index (χ1v) is 8.67. The second-order valence-corrected chi connectivity index (χ2v) is 6.25. The quantitative estimate of drug-likeness (QED) is 0.478. The third-order valence-corrected chi connectivity index (χ3v) is 4.30. The zero-order valence-electron chi connectivity index (χ0n) is 14.4. The normalized spacial score (nSPS) is 10.9. The van der Waals surface area contributed by atoms with Crippen LogP contribution in [0.2, 0.25) is 5.02 Å². The Hall–Kier alpha value is -3.52. The number of benzene rings is 2. The van der Waals surface area contributed by atoms with Gasteiger partial charge in [-0.25, -0.2) is 4.98 Å². The lowest BCUT2D eigenvalue weighted by atomic mass is 10.2. The van der Waals surface area contributed by atoms with E-state index in [9.17, 15) is 9.59 Å². The van der Waals surface area contributed by atoms with Crippen LogP contribution in [0, 0.1) is 0 Å². The summed E-state index contributed by atoms with van der Waals surface area (Å²) in [6.07, 6.45) is 1.31. The van der Waals surface area contributed by atoms with Crippen LogP contribution in [0.1, 0.15) is 5.89 Å². The summed E-state index contributed by atoms with van der Waals surface area (Å²) in [4.78, 5) is 32.8. The van der Waals surface area contributed by atoms with Crippen LogP contribution in [0.3, 0.4) is 0 Å². The van der Waals surface area contributed by atoms with Crippen molar-refractivity contribution in [2.75, 3.05) is 0 Å². The van der Waals surface area contributed by atoms with Crippen molar-refractivity contribution >= 4 is 28.5 Å². The summed E-state index contributed by atoms with van der Waals surface area (Å²) < 4.78 is 11.4. The molecule has 2 heterocycles. The number of rotatable bonds is 5.